The molecule has 0 aromatic carbocycles. The number of ether oxygens (including phenoxy) is 1. The molecule has 0 saturated heterocycles. The second kappa shape index (κ2) is 3.75. The topological polar surface area (TPSA) is 52.3 Å². The molecule has 0 aromatic rings. The van der Waals surface area contributed by atoms with Gasteiger partial charge in [-0.2, -0.15) is 13.2 Å². The van der Waals surface area contributed by atoms with E-state index in [9.17, 15) is 18.0 Å². The molecule has 0 saturated carbocycles. The fraction of sp³-hybridized carbons (Fsp3) is 0.833. The van der Waals surface area contributed by atoms with Crippen molar-refractivity contribution in [1.29, 1.82) is 0 Å². The van der Waals surface area contributed by atoms with E-state index in [1.54, 1.807) is 0 Å². The molecule has 6 heteroatoms. The molecule has 0 radical (unpaired) electrons. The lowest BCUT2D eigenvalue weighted by Crippen LogP contribution is -2.44. The van der Waals surface area contributed by atoms with E-state index in [0.717, 1.165) is 14.0 Å². The molecule has 0 heterocycles. The Hall–Kier alpha value is -0.780. The van der Waals surface area contributed by atoms with E-state index >= 15 is 0 Å². The lowest BCUT2D eigenvalue weighted by atomic mass is 10.0. The molecular formula is C6H10F3NO2. The Morgan fingerprint density at radius 2 is 1.92 bits per heavy atom. The minimum absolute atomic E-state index is 0.835. The maximum atomic E-state index is 11.9. The summed E-state index contributed by atoms with van der Waals surface area (Å²) in [5.41, 5.74) is 4.96. The average molecular weight is 185 g/mol. The van der Waals surface area contributed by atoms with E-state index in [1.807, 2.05) is 0 Å². The Labute approximate surface area is 67.7 Å². The van der Waals surface area contributed by atoms with Gasteiger partial charge in [-0.1, -0.05) is 6.92 Å². The number of esters is 1. The number of rotatable bonds is 2. The van der Waals surface area contributed by atoms with Crippen molar-refractivity contribution >= 4 is 5.97 Å². The third kappa shape index (κ3) is 2.69. The summed E-state index contributed by atoms with van der Waals surface area (Å²) >= 11 is 0. The Balaban J connectivity index is 4.29. The van der Waals surface area contributed by atoms with Gasteiger partial charge in [0.1, 0.15) is 6.04 Å². The minimum atomic E-state index is -4.46. The molecular weight excluding hydrogens is 175 g/mol. The van der Waals surface area contributed by atoms with Gasteiger partial charge in [-0.05, 0) is 0 Å². The first-order valence-electron chi connectivity index (χ1n) is 3.20. The lowest BCUT2D eigenvalue weighted by molar-refractivity contribution is -0.183. The van der Waals surface area contributed by atoms with Crippen LogP contribution in [0.3, 0.4) is 0 Å². The van der Waals surface area contributed by atoms with Gasteiger partial charge >= 0.3 is 12.1 Å². The Kier molecular flexibility index (Phi) is 3.51. The van der Waals surface area contributed by atoms with Crippen molar-refractivity contribution in [3.05, 3.63) is 0 Å². The van der Waals surface area contributed by atoms with E-state index in [2.05, 4.69) is 4.74 Å². The highest BCUT2D eigenvalue weighted by Gasteiger charge is 2.42. The van der Waals surface area contributed by atoms with E-state index in [1.165, 1.54) is 0 Å². The molecule has 0 fully saturated rings. The quantitative estimate of drug-likeness (QED) is 0.644. The van der Waals surface area contributed by atoms with Crippen LogP contribution in [0.5, 0.6) is 0 Å². The molecule has 0 amide bonds. The molecule has 0 rings (SSSR count). The van der Waals surface area contributed by atoms with Gasteiger partial charge < -0.3 is 10.5 Å². The molecule has 0 aliphatic heterocycles. The fourth-order valence-electron chi connectivity index (χ4n) is 0.544. The van der Waals surface area contributed by atoms with Gasteiger partial charge in [-0.25, -0.2) is 0 Å². The third-order valence-electron chi connectivity index (χ3n) is 1.53. The number of methoxy groups -OCH3 is 1. The number of nitrogens with two attached hydrogens (primary N) is 1. The lowest BCUT2D eigenvalue weighted by Gasteiger charge is -2.19. The summed E-state index contributed by atoms with van der Waals surface area (Å²) in [5.74, 6) is -2.94. The summed E-state index contributed by atoms with van der Waals surface area (Å²) in [6.07, 6.45) is -4.46. The van der Waals surface area contributed by atoms with Crippen LogP contribution >= 0.6 is 0 Å². The summed E-state index contributed by atoms with van der Waals surface area (Å²) < 4.78 is 39.8. The Bertz CT molecular complexity index is 169. The summed E-state index contributed by atoms with van der Waals surface area (Å²) in [7, 11) is 0.991. The molecule has 0 aliphatic carbocycles. The van der Waals surface area contributed by atoms with Crippen molar-refractivity contribution in [2.24, 2.45) is 11.7 Å². The SMILES string of the molecule is COC(=O)C(N)C(C)C(F)(F)F. The normalized spacial score (nSPS) is 16.8. The first kappa shape index (κ1) is 11.2. The molecule has 2 atom stereocenters. The van der Waals surface area contributed by atoms with Gasteiger partial charge in [0.25, 0.3) is 0 Å². The summed E-state index contributed by atoms with van der Waals surface area (Å²) in [6, 6.07) is -1.64. The first-order chi connectivity index (χ1) is 5.30. The number of hydrogen-bond donors (Lipinski definition) is 1. The van der Waals surface area contributed by atoms with Crippen molar-refractivity contribution in [3.63, 3.8) is 0 Å². The molecule has 12 heavy (non-hydrogen) atoms. The first-order valence-corrected chi connectivity index (χ1v) is 3.20. The molecule has 2 unspecified atom stereocenters. The average Bonchev–Trinajstić information content (AvgIpc) is 1.98. The second-order valence-corrected chi connectivity index (χ2v) is 2.38. The Morgan fingerprint density at radius 1 is 1.50 bits per heavy atom. The second-order valence-electron chi connectivity index (χ2n) is 2.38. The van der Waals surface area contributed by atoms with Gasteiger partial charge in [0, 0.05) is 0 Å². The van der Waals surface area contributed by atoms with Crippen molar-refractivity contribution in [1.82, 2.24) is 0 Å². The number of hydrogen-bond acceptors (Lipinski definition) is 3. The predicted octanol–water partition coefficient (Wildman–Crippen LogP) is 0.685. The van der Waals surface area contributed by atoms with Crippen molar-refractivity contribution in [2.75, 3.05) is 7.11 Å². The van der Waals surface area contributed by atoms with E-state index in [-0.39, 0.29) is 0 Å². The summed E-state index contributed by atoms with van der Waals surface area (Å²) in [4.78, 5) is 10.6. The van der Waals surface area contributed by atoms with E-state index in [4.69, 9.17) is 5.73 Å². The highest BCUT2D eigenvalue weighted by atomic mass is 19.4. The monoisotopic (exact) mass is 185 g/mol. The third-order valence-corrected chi connectivity index (χ3v) is 1.53. The van der Waals surface area contributed by atoms with E-state index < -0.39 is 24.1 Å². The zero-order chi connectivity index (χ0) is 9.94. The fourth-order valence-corrected chi connectivity index (χ4v) is 0.544. The van der Waals surface area contributed by atoms with Crippen LogP contribution in [-0.4, -0.2) is 25.3 Å². The number of alkyl halides is 3. The zero-order valence-electron chi connectivity index (χ0n) is 6.68. The molecule has 0 aromatic heterocycles. The van der Waals surface area contributed by atoms with Gasteiger partial charge in [0.05, 0.1) is 13.0 Å². The van der Waals surface area contributed by atoms with Gasteiger partial charge in [0.15, 0.2) is 0 Å². The van der Waals surface area contributed by atoms with Crippen molar-refractivity contribution in [3.8, 4) is 0 Å². The van der Waals surface area contributed by atoms with Crippen LogP contribution in [0.15, 0.2) is 0 Å². The number of carbonyl (C=O) groups excluding carboxylic acids is 1. The van der Waals surface area contributed by atoms with Gasteiger partial charge in [-0.3, -0.25) is 4.79 Å². The maximum absolute atomic E-state index is 11.9. The standard InChI is InChI=1S/C6H10F3NO2/c1-3(6(7,8)9)4(10)5(11)12-2/h3-4H,10H2,1-2H3. The largest absolute Gasteiger partial charge is 0.468 e. The van der Waals surface area contributed by atoms with Crippen LogP contribution in [0.1, 0.15) is 6.92 Å². The molecule has 3 nitrogen and oxygen atoms in total. The van der Waals surface area contributed by atoms with Gasteiger partial charge in [0.2, 0.25) is 0 Å². The minimum Gasteiger partial charge on any atom is -0.468 e. The zero-order valence-corrected chi connectivity index (χ0v) is 6.68. The molecule has 0 spiro atoms. The molecule has 72 valence electrons. The van der Waals surface area contributed by atoms with Crippen molar-refractivity contribution < 1.29 is 22.7 Å². The number of carbonyl (C=O) groups is 1. The molecule has 0 bridgehead atoms. The summed E-state index contributed by atoms with van der Waals surface area (Å²) in [6.45, 7) is 0.835. The highest BCUT2D eigenvalue weighted by Crippen LogP contribution is 2.27. The van der Waals surface area contributed by atoms with Crippen LogP contribution in [0.2, 0.25) is 0 Å². The van der Waals surface area contributed by atoms with Crippen LogP contribution in [0, 0.1) is 5.92 Å². The van der Waals surface area contributed by atoms with Crippen LogP contribution in [0.4, 0.5) is 13.2 Å². The highest BCUT2D eigenvalue weighted by molar-refractivity contribution is 5.75. The van der Waals surface area contributed by atoms with Crippen LogP contribution < -0.4 is 5.73 Å². The Morgan fingerprint density at radius 3 is 2.17 bits per heavy atom. The van der Waals surface area contributed by atoms with Crippen LogP contribution in [0.25, 0.3) is 0 Å². The predicted molar refractivity (Wildman–Crippen MR) is 35.2 cm³/mol. The summed E-state index contributed by atoms with van der Waals surface area (Å²) in [5, 5.41) is 0. The van der Waals surface area contributed by atoms with Gasteiger partial charge in [-0.15, -0.1) is 0 Å². The van der Waals surface area contributed by atoms with E-state index in [0.29, 0.717) is 0 Å². The smallest absolute Gasteiger partial charge is 0.393 e. The maximum Gasteiger partial charge on any atom is 0.393 e. The molecule has 0 aliphatic rings. The van der Waals surface area contributed by atoms with Crippen molar-refractivity contribution in [2.45, 2.75) is 19.1 Å². The number of halogens is 3. The molecule has 2 N–H and O–H groups in total. The van der Waals surface area contributed by atoms with Crippen LogP contribution in [-0.2, 0) is 9.53 Å².